The third-order valence-corrected chi connectivity index (χ3v) is 6.49. The lowest BCUT2D eigenvalue weighted by molar-refractivity contribution is -0.138. The first-order chi connectivity index (χ1) is 14.1. The number of piperidine rings is 2. The molecular formula is C22H29N5O2. The number of carbonyl (C=O) groups is 2. The van der Waals surface area contributed by atoms with Gasteiger partial charge in [0.1, 0.15) is 0 Å². The molecule has 7 nitrogen and oxygen atoms in total. The number of aromatic amines is 1. The van der Waals surface area contributed by atoms with Crippen LogP contribution >= 0.6 is 0 Å². The number of aryl methyl sites for hydroxylation is 1. The molecule has 1 spiro atoms. The van der Waals surface area contributed by atoms with Gasteiger partial charge in [0.15, 0.2) is 0 Å². The van der Waals surface area contributed by atoms with Crippen molar-refractivity contribution >= 4 is 11.8 Å². The van der Waals surface area contributed by atoms with Crippen molar-refractivity contribution in [1.29, 1.82) is 0 Å². The number of likely N-dealkylation sites (tertiary alicyclic amines) is 2. The monoisotopic (exact) mass is 395 g/mol. The van der Waals surface area contributed by atoms with Crippen LogP contribution in [0.3, 0.4) is 0 Å². The first-order valence-corrected chi connectivity index (χ1v) is 10.6. The molecule has 7 heteroatoms. The predicted octanol–water partition coefficient (Wildman–Crippen LogP) is 2.45. The Morgan fingerprint density at radius 3 is 2.83 bits per heavy atom. The smallest absolute Gasteiger partial charge is 0.253 e. The summed E-state index contributed by atoms with van der Waals surface area (Å²) in [4.78, 5) is 40.8. The van der Waals surface area contributed by atoms with Gasteiger partial charge in [0, 0.05) is 68.4 Å². The fourth-order valence-corrected chi connectivity index (χ4v) is 4.56. The van der Waals surface area contributed by atoms with Crippen LogP contribution in [-0.2, 0) is 17.6 Å². The molecule has 4 rings (SSSR count). The zero-order valence-electron chi connectivity index (χ0n) is 17.1. The van der Waals surface area contributed by atoms with E-state index in [9.17, 15) is 9.59 Å². The molecule has 0 aliphatic carbocycles. The average Bonchev–Trinajstić information content (AvgIpc) is 3.28. The summed E-state index contributed by atoms with van der Waals surface area (Å²) in [5, 5.41) is 0. The average molecular weight is 396 g/mol. The minimum Gasteiger partial charge on any atom is -0.348 e. The van der Waals surface area contributed by atoms with Crippen LogP contribution in [0.2, 0.25) is 0 Å². The highest BCUT2D eigenvalue weighted by atomic mass is 16.2. The lowest BCUT2D eigenvalue weighted by Gasteiger charge is -2.47. The maximum absolute atomic E-state index is 12.9. The molecule has 2 aromatic rings. The van der Waals surface area contributed by atoms with Gasteiger partial charge in [-0.25, -0.2) is 4.98 Å². The van der Waals surface area contributed by atoms with E-state index in [-0.39, 0.29) is 17.2 Å². The van der Waals surface area contributed by atoms with E-state index in [1.54, 1.807) is 12.5 Å². The Kier molecular flexibility index (Phi) is 5.65. The number of carbonyl (C=O) groups excluding carboxylic acids is 2. The summed E-state index contributed by atoms with van der Waals surface area (Å²) in [6.07, 6.45) is 10.3. The summed E-state index contributed by atoms with van der Waals surface area (Å²) < 4.78 is 0. The van der Waals surface area contributed by atoms with Crippen molar-refractivity contribution in [2.75, 3.05) is 26.2 Å². The highest BCUT2D eigenvalue weighted by molar-refractivity contribution is 5.94. The van der Waals surface area contributed by atoms with E-state index in [0.29, 0.717) is 6.42 Å². The summed E-state index contributed by atoms with van der Waals surface area (Å²) in [7, 11) is 0. The predicted molar refractivity (Wildman–Crippen MR) is 109 cm³/mol. The molecule has 2 amide bonds. The fourth-order valence-electron chi connectivity index (χ4n) is 4.56. The Balaban J connectivity index is 1.36. The van der Waals surface area contributed by atoms with Crippen LogP contribution in [0.5, 0.6) is 0 Å². The second kappa shape index (κ2) is 8.35. The number of imidazole rings is 1. The zero-order valence-corrected chi connectivity index (χ0v) is 17.1. The van der Waals surface area contributed by atoms with Crippen molar-refractivity contribution < 1.29 is 9.59 Å². The Hall–Kier alpha value is -2.70. The molecular weight excluding hydrogens is 366 g/mol. The lowest BCUT2D eigenvalue weighted by Crippen LogP contribution is -2.52. The van der Waals surface area contributed by atoms with Crippen molar-refractivity contribution in [3.63, 3.8) is 0 Å². The third-order valence-electron chi connectivity index (χ3n) is 6.49. The number of hydrogen-bond donors (Lipinski definition) is 1. The first-order valence-electron chi connectivity index (χ1n) is 10.6. The van der Waals surface area contributed by atoms with Gasteiger partial charge >= 0.3 is 0 Å². The summed E-state index contributed by atoms with van der Waals surface area (Å²) >= 11 is 0. The molecule has 154 valence electrons. The quantitative estimate of drug-likeness (QED) is 0.843. The molecule has 0 saturated carbocycles. The van der Waals surface area contributed by atoms with Crippen molar-refractivity contribution in [2.45, 2.75) is 45.4 Å². The molecule has 0 radical (unpaired) electrons. The molecule has 0 unspecified atom stereocenters. The van der Waals surface area contributed by atoms with Gasteiger partial charge in [0.05, 0.1) is 6.33 Å². The minimum absolute atomic E-state index is 0.0972. The normalized spacial score (nSPS) is 19.0. The zero-order chi connectivity index (χ0) is 20.3. The van der Waals surface area contributed by atoms with Gasteiger partial charge in [-0.1, -0.05) is 6.92 Å². The maximum Gasteiger partial charge on any atom is 0.253 e. The number of nitrogens with zero attached hydrogens (tertiary/aromatic N) is 4. The molecule has 1 N–H and O–H groups in total. The Labute approximate surface area is 171 Å². The molecule has 29 heavy (non-hydrogen) atoms. The summed E-state index contributed by atoms with van der Waals surface area (Å²) in [6, 6.07) is 3.71. The molecule has 2 aliphatic heterocycles. The second-order valence-corrected chi connectivity index (χ2v) is 8.32. The standard InChI is InChI=1S/C22H29N5O2/c1-2-18-13-17(4-9-24-18)21(29)26-11-7-22(8-12-26)6-3-20(28)27(15-22)10-5-19-14-23-16-25-19/h4,9,13-14,16H,2-3,5-8,10-12,15H2,1H3,(H,23,25). The van der Waals surface area contributed by atoms with Crippen molar-refractivity contribution in [1.82, 2.24) is 24.8 Å². The molecule has 2 saturated heterocycles. The lowest BCUT2D eigenvalue weighted by atomic mass is 9.72. The highest BCUT2D eigenvalue weighted by Crippen LogP contribution is 2.40. The maximum atomic E-state index is 12.9. The molecule has 2 aromatic heterocycles. The number of rotatable bonds is 5. The van der Waals surface area contributed by atoms with Crippen LogP contribution in [-0.4, -0.2) is 62.7 Å². The number of nitrogens with one attached hydrogen (secondary N) is 1. The van der Waals surface area contributed by atoms with Crippen LogP contribution in [0.4, 0.5) is 0 Å². The molecule has 2 fully saturated rings. The first kappa shape index (κ1) is 19.6. The highest BCUT2D eigenvalue weighted by Gasteiger charge is 2.41. The minimum atomic E-state index is 0.0972. The van der Waals surface area contributed by atoms with E-state index in [1.165, 1.54) is 0 Å². The van der Waals surface area contributed by atoms with Gasteiger partial charge < -0.3 is 14.8 Å². The van der Waals surface area contributed by atoms with Crippen LogP contribution in [0.25, 0.3) is 0 Å². The Morgan fingerprint density at radius 2 is 2.10 bits per heavy atom. The Morgan fingerprint density at radius 1 is 1.28 bits per heavy atom. The largest absolute Gasteiger partial charge is 0.348 e. The SMILES string of the molecule is CCc1cc(C(=O)N2CCC3(CCC(=O)N(CCc4cnc[nH]4)C3)CC2)ccn1. The van der Waals surface area contributed by atoms with E-state index in [2.05, 4.69) is 15.0 Å². The molecule has 0 atom stereocenters. The molecule has 4 heterocycles. The van der Waals surface area contributed by atoms with E-state index in [1.807, 2.05) is 35.1 Å². The number of pyridine rings is 1. The van der Waals surface area contributed by atoms with Crippen LogP contribution in [0, 0.1) is 5.41 Å². The van der Waals surface area contributed by atoms with Crippen molar-refractivity contribution in [2.24, 2.45) is 5.41 Å². The van der Waals surface area contributed by atoms with Gasteiger partial charge in [-0.05, 0) is 43.2 Å². The van der Waals surface area contributed by atoms with Gasteiger partial charge in [0.25, 0.3) is 5.91 Å². The summed E-state index contributed by atoms with van der Waals surface area (Å²) in [6.45, 7) is 5.08. The van der Waals surface area contributed by atoms with Gasteiger partial charge in [0.2, 0.25) is 5.91 Å². The van der Waals surface area contributed by atoms with Gasteiger partial charge in [-0.15, -0.1) is 0 Å². The molecule has 0 bridgehead atoms. The van der Waals surface area contributed by atoms with E-state index < -0.39 is 0 Å². The second-order valence-electron chi connectivity index (χ2n) is 8.32. The van der Waals surface area contributed by atoms with E-state index >= 15 is 0 Å². The summed E-state index contributed by atoms with van der Waals surface area (Å²) in [5.74, 6) is 0.345. The Bertz CT molecular complexity index is 856. The topological polar surface area (TPSA) is 82.2 Å². The van der Waals surface area contributed by atoms with Crippen LogP contribution in [0.1, 0.15) is 54.4 Å². The van der Waals surface area contributed by atoms with Gasteiger partial charge in [-0.2, -0.15) is 0 Å². The van der Waals surface area contributed by atoms with Crippen LogP contribution < -0.4 is 0 Å². The van der Waals surface area contributed by atoms with Gasteiger partial charge in [-0.3, -0.25) is 14.6 Å². The van der Waals surface area contributed by atoms with Crippen molar-refractivity contribution in [3.05, 3.63) is 47.8 Å². The van der Waals surface area contributed by atoms with E-state index in [4.69, 9.17) is 0 Å². The molecule has 2 aliphatic rings. The van der Waals surface area contributed by atoms with E-state index in [0.717, 1.165) is 75.2 Å². The molecule has 0 aromatic carbocycles. The summed E-state index contributed by atoms with van der Waals surface area (Å²) in [5.41, 5.74) is 2.88. The van der Waals surface area contributed by atoms with Crippen molar-refractivity contribution in [3.8, 4) is 0 Å². The van der Waals surface area contributed by atoms with Crippen LogP contribution in [0.15, 0.2) is 30.9 Å². The number of hydrogen-bond acceptors (Lipinski definition) is 4. The number of H-pyrrole nitrogens is 1. The third kappa shape index (κ3) is 4.33. The number of aromatic nitrogens is 3. The number of amides is 2. The fraction of sp³-hybridized carbons (Fsp3) is 0.545.